The van der Waals surface area contributed by atoms with Crippen LogP contribution in [0.5, 0.6) is 0 Å². The Morgan fingerprint density at radius 2 is 1.46 bits per heavy atom. The van der Waals surface area contributed by atoms with E-state index < -0.39 is 11.8 Å². The number of aliphatic carboxylic acids is 1. The predicted octanol–water partition coefficient (Wildman–Crippen LogP) is 6.08. The molecule has 1 saturated carbocycles. The van der Waals surface area contributed by atoms with Crippen molar-refractivity contribution in [1.29, 1.82) is 0 Å². The highest BCUT2D eigenvalue weighted by Gasteiger charge is 2.36. The van der Waals surface area contributed by atoms with E-state index in [-0.39, 0.29) is 12.5 Å². The number of carboxylic acids is 1. The van der Waals surface area contributed by atoms with Crippen molar-refractivity contribution in [3.8, 4) is 0 Å². The third-order valence-electron chi connectivity index (χ3n) is 5.83. The lowest BCUT2D eigenvalue weighted by molar-refractivity contribution is -0.518. The van der Waals surface area contributed by atoms with Gasteiger partial charge in [-0.2, -0.15) is 9.78 Å². The lowest BCUT2D eigenvalue weighted by Crippen LogP contribution is -2.37. The monoisotopic (exact) mass is 400 g/mol. The van der Waals surface area contributed by atoms with Gasteiger partial charge < -0.3 is 5.11 Å². The third kappa shape index (κ3) is 10.2. The number of unbranched alkanes of at least 4 members (excludes halogenated alkanes) is 2. The van der Waals surface area contributed by atoms with Gasteiger partial charge in [0.25, 0.3) is 0 Å². The van der Waals surface area contributed by atoms with Gasteiger partial charge in [0.2, 0.25) is 5.79 Å². The standard InChI is InChI=1S/C22H40O6/c23-21(24)16-10-8-9-14-20-15-13-19-25-27-22(28-26-20)17-11-6-4-2-1-3-5-7-12-18-22/h20H,1-19H2,(H,23,24). The average molecular weight is 401 g/mol. The molecule has 0 amide bonds. The zero-order chi connectivity index (χ0) is 19.9. The first kappa shape index (κ1) is 23.6. The predicted molar refractivity (Wildman–Crippen MR) is 106 cm³/mol. The van der Waals surface area contributed by atoms with Crippen LogP contribution in [0.25, 0.3) is 0 Å². The smallest absolute Gasteiger partial charge is 0.303 e. The summed E-state index contributed by atoms with van der Waals surface area (Å²) in [5.74, 6) is -1.51. The van der Waals surface area contributed by atoms with Gasteiger partial charge in [0, 0.05) is 19.3 Å². The molecular formula is C22H40O6. The first-order valence-corrected chi connectivity index (χ1v) is 11.6. The Morgan fingerprint density at radius 3 is 2.11 bits per heavy atom. The Labute approximate surface area is 170 Å². The minimum absolute atomic E-state index is 0.0217. The molecule has 6 nitrogen and oxygen atoms in total. The highest BCUT2D eigenvalue weighted by molar-refractivity contribution is 5.66. The van der Waals surface area contributed by atoms with Crippen LogP contribution < -0.4 is 0 Å². The molecule has 0 radical (unpaired) electrons. The van der Waals surface area contributed by atoms with Crippen molar-refractivity contribution in [2.75, 3.05) is 6.61 Å². The van der Waals surface area contributed by atoms with Crippen molar-refractivity contribution < 1.29 is 29.5 Å². The number of hydrogen-bond acceptors (Lipinski definition) is 5. The van der Waals surface area contributed by atoms with Gasteiger partial charge in [-0.05, 0) is 38.5 Å². The molecule has 1 aliphatic carbocycles. The Kier molecular flexibility index (Phi) is 12.1. The van der Waals surface area contributed by atoms with E-state index in [1.54, 1.807) is 0 Å². The summed E-state index contributed by atoms with van der Waals surface area (Å²) in [4.78, 5) is 33.8. The van der Waals surface area contributed by atoms with E-state index in [9.17, 15) is 4.79 Å². The average Bonchev–Trinajstić information content (AvgIpc) is 2.76. The fourth-order valence-electron chi connectivity index (χ4n) is 4.07. The Hall–Kier alpha value is -0.690. The second-order valence-electron chi connectivity index (χ2n) is 8.43. The van der Waals surface area contributed by atoms with Gasteiger partial charge in [0.05, 0.1) is 12.7 Å². The number of hydrogen-bond donors (Lipinski definition) is 1. The van der Waals surface area contributed by atoms with Crippen LogP contribution in [0.15, 0.2) is 0 Å². The molecule has 2 rings (SSSR count). The van der Waals surface area contributed by atoms with Gasteiger partial charge in [-0.3, -0.25) is 4.79 Å². The summed E-state index contributed by atoms with van der Waals surface area (Å²) in [6.45, 7) is 0.560. The molecule has 1 unspecified atom stereocenters. The van der Waals surface area contributed by atoms with Crippen molar-refractivity contribution in [3.63, 3.8) is 0 Å². The molecule has 28 heavy (non-hydrogen) atoms. The first-order chi connectivity index (χ1) is 13.7. The lowest BCUT2D eigenvalue weighted by Gasteiger charge is -2.31. The molecule has 1 saturated heterocycles. The van der Waals surface area contributed by atoms with Crippen LogP contribution in [-0.2, 0) is 24.3 Å². The molecule has 0 aromatic carbocycles. The second-order valence-corrected chi connectivity index (χ2v) is 8.43. The molecule has 2 aliphatic rings. The Bertz CT molecular complexity index is 402. The maximum Gasteiger partial charge on any atom is 0.303 e. The van der Waals surface area contributed by atoms with Crippen molar-refractivity contribution in [1.82, 2.24) is 0 Å². The van der Waals surface area contributed by atoms with Crippen molar-refractivity contribution >= 4 is 5.97 Å². The molecule has 0 aromatic rings. The highest BCUT2D eigenvalue weighted by atomic mass is 17.3. The zero-order valence-corrected chi connectivity index (χ0v) is 17.5. The van der Waals surface area contributed by atoms with Gasteiger partial charge in [-0.1, -0.05) is 57.8 Å². The normalized spacial score (nSPS) is 25.6. The molecule has 164 valence electrons. The van der Waals surface area contributed by atoms with Gasteiger partial charge in [0.15, 0.2) is 0 Å². The van der Waals surface area contributed by atoms with Crippen LogP contribution in [0, 0.1) is 0 Å². The summed E-state index contributed by atoms with van der Waals surface area (Å²) in [6, 6.07) is 0. The summed E-state index contributed by atoms with van der Waals surface area (Å²) in [5.41, 5.74) is 0. The fourth-order valence-corrected chi connectivity index (χ4v) is 4.07. The van der Waals surface area contributed by atoms with E-state index in [1.165, 1.54) is 44.9 Å². The van der Waals surface area contributed by atoms with E-state index in [4.69, 9.17) is 24.7 Å². The molecule has 6 heteroatoms. The summed E-state index contributed by atoms with van der Waals surface area (Å²) in [6.07, 6.45) is 18.2. The van der Waals surface area contributed by atoms with Crippen molar-refractivity contribution in [2.45, 2.75) is 127 Å². The molecular weight excluding hydrogens is 360 g/mol. The molecule has 1 N–H and O–H groups in total. The molecule has 1 atom stereocenters. The molecule has 1 heterocycles. The van der Waals surface area contributed by atoms with Gasteiger partial charge >= 0.3 is 5.97 Å². The maximum atomic E-state index is 10.6. The van der Waals surface area contributed by atoms with Crippen LogP contribution in [0.1, 0.15) is 116 Å². The summed E-state index contributed by atoms with van der Waals surface area (Å²) < 4.78 is 0. The van der Waals surface area contributed by atoms with Crippen molar-refractivity contribution in [2.24, 2.45) is 0 Å². The topological polar surface area (TPSA) is 74.2 Å². The van der Waals surface area contributed by atoms with Crippen LogP contribution in [0.4, 0.5) is 0 Å². The third-order valence-corrected chi connectivity index (χ3v) is 5.83. The lowest BCUT2D eigenvalue weighted by atomic mass is 9.97. The summed E-state index contributed by atoms with van der Waals surface area (Å²) >= 11 is 0. The summed E-state index contributed by atoms with van der Waals surface area (Å²) in [7, 11) is 0. The van der Waals surface area contributed by atoms with E-state index in [1.807, 2.05) is 0 Å². The molecule has 0 aromatic heterocycles. The number of rotatable bonds is 6. The largest absolute Gasteiger partial charge is 0.481 e. The Morgan fingerprint density at radius 1 is 0.821 bits per heavy atom. The molecule has 1 aliphatic heterocycles. The molecule has 2 fully saturated rings. The zero-order valence-electron chi connectivity index (χ0n) is 17.5. The van der Waals surface area contributed by atoms with Crippen LogP contribution >= 0.6 is 0 Å². The van der Waals surface area contributed by atoms with Gasteiger partial charge in [0.1, 0.15) is 0 Å². The summed E-state index contributed by atoms with van der Waals surface area (Å²) in [5, 5.41) is 8.74. The van der Waals surface area contributed by atoms with E-state index in [0.717, 1.165) is 64.2 Å². The Balaban J connectivity index is 1.83. The maximum absolute atomic E-state index is 10.6. The minimum Gasteiger partial charge on any atom is -0.481 e. The van der Waals surface area contributed by atoms with Crippen LogP contribution in [0.3, 0.4) is 0 Å². The van der Waals surface area contributed by atoms with Gasteiger partial charge in [-0.25, -0.2) is 9.78 Å². The molecule has 1 spiro atoms. The minimum atomic E-state index is -0.787. The SMILES string of the molecule is O=C(O)CCCCCC1CCCOOC2(CCCCCCCCCCC2)OO1. The van der Waals surface area contributed by atoms with Crippen LogP contribution in [0.2, 0.25) is 0 Å². The fraction of sp³-hybridized carbons (Fsp3) is 0.955. The quantitative estimate of drug-likeness (QED) is 0.430. The van der Waals surface area contributed by atoms with E-state index in [0.29, 0.717) is 6.61 Å². The number of carboxylic acid groups (broad SMARTS) is 1. The van der Waals surface area contributed by atoms with E-state index >= 15 is 0 Å². The van der Waals surface area contributed by atoms with Crippen molar-refractivity contribution in [3.05, 3.63) is 0 Å². The highest BCUT2D eigenvalue weighted by Crippen LogP contribution is 2.32. The van der Waals surface area contributed by atoms with E-state index in [2.05, 4.69) is 0 Å². The first-order valence-electron chi connectivity index (χ1n) is 11.6. The van der Waals surface area contributed by atoms with Gasteiger partial charge in [-0.15, -0.1) is 0 Å². The number of carbonyl (C=O) groups is 1. The van der Waals surface area contributed by atoms with Crippen LogP contribution in [-0.4, -0.2) is 29.6 Å². The molecule has 0 bridgehead atoms. The second kappa shape index (κ2) is 14.3.